The van der Waals surface area contributed by atoms with Gasteiger partial charge in [0.15, 0.2) is 17.3 Å². The van der Waals surface area contributed by atoms with Gasteiger partial charge in [0.25, 0.3) is 11.8 Å². The van der Waals surface area contributed by atoms with Crippen LogP contribution in [0.15, 0.2) is 24.5 Å². The third kappa shape index (κ3) is 5.23. The number of aromatic nitrogens is 4. The van der Waals surface area contributed by atoms with Crippen molar-refractivity contribution in [1.82, 2.24) is 19.7 Å². The normalized spacial score (nSPS) is 15.3. The highest BCUT2D eigenvalue weighted by molar-refractivity contribution is 7.19. The Morgan fingerprint density at radius 1 is 1.36 bits per heavy atom. The third-order valence-corrected chi connectivity index (χ3v) is 5.82. The van der Waals surface area contributed by atoms with Crippen LogP contribution in [0, 0.1) is 17.7 Å². The van der Waals surface area contributed by atoms with Gasteiger partial charge in [0.2, 0.25) is 0 Å². The summed E-state index contributed by atoms with van der Waals surface area (Å²) in [4.78, 5) is 22.4. The van der Waals surface area contributed by atoms with Crippen molar-refractivity contribution in [2.75, 3.05) is 29.0 Å². The number of nitriles is 1. The van der Waals surface area contributed by atoms with Gasteiger partial charge in [-0.15, -0.1) is 0 Å². The lowest BCUT2D eigenvalue weighted by Gasteiger charge is -2.27. The van der Waals surface area contributed by atoms with Crippen LogP contribution in [0.5, 0.6) is 0 Å². The number of halogens is 3. The van der Waals surface area contributed by atoms with Gasteiger partial charge in [0.1, 0.15) is 21.4 Å². The monoisotopic (exact) mass is 478 g/mol. The van der Waals surface area contributed by atoms with Gasteiger partial charge in [-0.05, 0) is 25.0 Å². The number of thiazole rings is 1. The molecule has 1 aliphatic rings. The molecule has 0 atom stereocenters. The molecule has 0 aliphatic carbocycles. The van der Waals surface area contributed by atoms with E-state index in [0.29, 0.717) is 25.2 Å². The minimum Gasteiger partial charge on any atom is -0.389 e. The molecule has 1 fully saturated rings. The van der Waals surface area contributed by atoms with Crippen molar-refractivity contribution in [3.63, 3.8) is 0 Å². The van der Waals surface area contributed by atoms with Crippen LogP contribution in [0.3, 0.4) is 0 Å². The molecule has 0 saturated carbocycles. The number of alkyl halides is 2. The standard InChI is InChI=1S/C19H20F3N7OS.CHN/c1-28-18(29-8-3-2-6-19(21,22)10-29)12(9-25-28)26-16(30)14-15(23)31-17(27-14)13-11(20)5-4-7-24-13;1-2/h4-5,7,9H,2-3,6,8,10,23H2,1H3,(H,26,30);1H. The van der Waals surface area contributed by atoms with Gasteiger partial charge in [-0.1, -0.05) is 11.3 Å². The molecule has 13 heteroatoms. The number of nitrogens with one attached hydrogen (secondary N) is 1. The van der Waals surface area contributed by atoms with Crippen LogP contribution >= 0.6 is 11.3 Å². The highest BCUT2D eigenvalue weighted by Crippen LogP contribution is 2.34. The molecule has 174 valence electrons. The molecule has 0 radical (unpaired) electrons. The second-order valence-electron chi connectivity index (χ2n) is 7.26. The van der Waals surface area contributed by atoms with Gasteiger partial charge < -0.3 is 16.0 Å². The van der Waals surface area contributed by atoms with Gasteiger partial charge in [-0.2, -0.15) is 5.10 Å². The summed E-state index contributed by atoms with van der Waals surface area (Å²) in [7, 11) is 1.62. The third-order valence-electron chi connectivity index (χ3n) is 4.93. The molecule has 1 saturated heterocycles. The summed E-state index contributed by atoms with van der Waals surface area (Å²) >= 11 is 0.933. The smallest absolute Gasteiger partial charge is 0.277 e. The molecule has 0 unspecified atom stereocenters. The lowest BCUT2D eigenvalue weighted by molar-refractivity contribution is 0.00330. The molecule has 3 N–H and O–H groups in total. The number of nitrogen functional groups attached to an aromatic ring is 1. The van der Waals surface area contributed by atoms with E-state index in [1.54, 1.807) is 7.05 Å². The molecule has 1 aliphatic heterocycles. The molecule has 3 aromatic heterocycles. The Morgan fingerprint density at radius 3 is 2.85 bits per heavy atom. The van der Waals surface area contributed by atoms with E-state index in [9.17, 15) is 18.0 Å². The number of carbonyl (C=O) groups excluding carboxylic acids is 1. The summed E-state index contributed by atoms with van der Waals surface area (Å²) in [6.07, 6.45) is 3.65. The number of carbonyl (C=O) groups is 1. The van der Waals surface area contributed by atoms with E-state index in [4.69, 9.17) is 11.0 Å². The maximum Gasteiger partial charge on any atom is 0.277 e. The number of rotatable bonds is 4. The summed E-state index contributed by atoms with van der Waals surface area (Å²) in [5, 5.41) is 13.5. The van der Waals surface area contributed by atoms with E-state index in [1.165, 1.54) is 34.1 Å². The van der Waals surface area contributed by atoms with Crippen molar-refractivity contribution in [1.29, 1.82) is 5.26 Å². The molecular weight excluding hydrogens is 457 g/mol. The Balaban J connectivity index is 0.00000149. The lowest BCUT2D eigenvalue weighted by Crippen LogP contribution is -2.36. The van der Waals surface area contributed by atoms with Gasteiger partial charge in [0, 0.05) is 32.8 Å². The first-order valence-electron chi connectivity index (χ1n) is 9.84. The molecule has 4 rings (SSSR count). The van der Waals surface area contributed by atoms with Gasteiger partial charge in [0.05, 0.1) is 12.7 Å². The molecule has 3 aromatic rings. The summed E-state index contributed by atoms with van der Waals surface area (Å²) in [5.74, 6) is -3.69. The predicted octanol–water partition coefficient (Wildman–Crippen LogP) is 3.68. The Labute approximate surface area is 191 Å². The Morgan fingerprint density at radius 2 is 2.12 bits per heavy atom. The molecule has 4 heterocycles. The molecule has 9 nitrogen and oxygen atoms in total. The van der Waals surface area contributed by atoms with Crippen molar-refractivity contribution in [3.05, 3.63) is 36.0 Å². The zero-order valence-electron chi connectivity index (χ0n) is 17.6. The van der Waals surface area contributed by atoms with Crippen LogP contribution < -0.4 is 16.0 Å². The lowest BCUT2D eigenvalue weighted by atomic mass is 10.2. The summed E-state index contributed by atoms with van der Waals surface area (Å²) in [5.41, 5.74) is 6.10. The van der Waals surface area contributed by atoms with Gasteiger partial charge >= 0.3 is 0 Å². The molecule has 1 amide bonds. The highest BCUT2D eigenvalue weighted by atomic mass is 32.1. The van der Waals surface area contributed by atoms with Crippen molar-refractivity contribution in [2.24, 2.45) is 7.05 Å². The van der Waals surface area contributed by atoms with Crippen molar-refractivity contribution in [2.45, 2.75) is 25.2 Å². The van der Waals surface area contributed by atoms with E-state index in [2.05, 4.69) is 27.0 Å². The zero-order valence-corrected chi connectivity index (χ0v) is 18.4. The second-order valence-corrected chi connectivity index (χ2v) is 8.29. The Bertz CT molecular complexity index is 1160. The number of amides is 1. The Kier molecular flexibility index (Phi) is 7.17. The van der Waals surface area contributed by atoms with Gasteiger partial charge in [-0.25, -0.2) is 23.4 Å². The SMILES string of the molecule is C#N.Cn1ncc(NC(=O)c2nc(-c3ncccc3F)sc2N)c1N1CCCCC(F)(F)C1. The average Bonchev–Trinajstić information content (AvgIpc) is 3.28. The molecular formula is C20H21F3N8OS. The summed E-state index contributed by atoms with van der Waals surface area (Å²) in [6.45, 7) is 3.46. The highest BCUT2D eigenvalue weighted by Gasteiger charge is 2.35. The predicted molar refractivity (Wildman–Crippen MR) is 119 cm³/mol. The van der Waals surface area contributed by atoms with Crippen LogP contribution in [0.4, 0.5) is 29.7 Å². The number of hydrogen-bond acceptors (Lipinski definition) is 8. The second kappa shape index (κ2) is 9.86. The topological polar surface area (TPSA) is 126 Å². The molecule has 0 bridgehead atoms. The zero-order chi connectivity index (χ0) is 24.2. The van der Waals surface area contributed by atoms with E-state index in [-0.39, 0.29) is 33.5 Å². The quantitative estimate of drug-likeness (QED) is 0.586. The first kappa shape index (κ1) is 24.0. The number of anilines is 3. The van der Waals surface area contributed by atoms with E-state index < -0.39 is 24.2 Å². The fourth-order valence-corrected chi connectivity index (χ4v) is 4.35. The molecule has 0 aromatic carbocycles. The maximum atomic E-state index is 14.1. The maximum absolute atomic E-state index is 14.1. The number of aryl methyl sites for hydroxylation is 1. The fourth-order valence-electron chi connectivity index (χ4n) is 3.52. The molecule has 33 heavy (non-hydrogen) atoms. The summed E-state index contributed by atoms with van der Waals surface area (Å²) in [6, 6.07) is 2.68. The number of nitrogens with zero attached hydrogens (tertiary/aromatic N) is 6. The average molecular weight is 479 g/mol. The van der Waals surface area contributed by atoms with Crippen LogP contribution in [0.25, 0.3) is 10.7 Å². The van der Waals surface area contributed by atoms with E-state index in [0.717, 1.165) is 11.3 Å². The minimum absolute atomic E-state index is 0.00730. The number of nitrogens with two attached hydrogens (primary N) is 1. The first-order chi connectivity index (χ1) is 15.7. The Hall–Kier alpha value is -3.66. The summed E-state index contributed by atoms with van der Waals surface area (Å²) < 4.78 is 43.7. The van der Waals surface area contributed by atoms with Crippen molar-refractivity contribution >= 4 is 33.8 Å². The van der Waals surface area contributed by atoms with E-state index >= 15 is 0 Å². The van der Waals surface area contributed by atoms with Crippen molar-refractivity contribution in [3.8, 4) is 17.3 Å². The molecule has 0 spiro atoms. The first-order valence-corrected chi connectivity index (χ1v) is 10.7. The number of pyridine rings is 1. The van der Waals surface area contributed by atoms with Crippen LogP contribution in [0.2, 0.25) is 0 Å². The van der Waals surface area contributed by atoms with Crippen LogP contribution in [-0.2, 0) is 7.05 Å². The van der Waals surface area contributed by atoms with Crippen LogP contribution in [0.1, 0.15) is 29.8 Å². The van der Waals surface area contributed by atoms with E-state index in [1.807, 2.05) is 0 Å². The van der Waals surface area contributed by atoms with Crippen molar-refractivity contribution < 1.29 is 18.0 Å². The largest absolute Gasteiger partial charge is 0.389 e. The number of hydrogen-bond donors (Lipinski definition) is 2. The van der Waals surface area contributed by atoms with Crippen LogP contribution in [-0.4, -0.2) is 44.7 Å². The minimum atomic E-state index is -2.83. The fraction of sp³-hybridized carbons (Fsp3) is 0.350. The van der Waals surface area contributed by atoms with Gasteiger partial charge in [-0.3, -0.25) is 14.5 Å².